The Hall–Kier alpha value is -2.15. The van der Waals surface area contributed by atoms with Gasteiger partial charge in [-0.25, -0.2) is 0 Å². The van der Waals surface area contributed by atoms with Crippen LogP contribution >= 0.6 is 8.58 Å². The van der Waals surface area contributed by atoms with Gasteiger partial charge in [-0.1, -0.05) is 87.3 Å². The van der Waals surface area contributed by atoms with Gasteiger partial charge in [0.25, 0.3) is 0 Å². The molecule has 156 valence electrons. The van der Waals surface area contributed by atoms with Crippen LogP contribution in [0.5, 0.6) is 5.75 Å². The molecule has 0 aromatic heterocycles. The van der Waals surface area contributed by atoms with Crippen LogP contribution in [0.2, 0.25) is 0 Å². The molecule has 1 aliphatic heterocycles. The number of benzene rings is 3. The quantitative estimate of drug-likeness (QED) is 0.471. The molecule has 0 bridgehead atoms. The van der Waals surface area contributed by atoms with Crippen LogP contribution in [0.3, 0.4) is 0 Å². The first-order valence-electron chi connectivity index (χ1n) is 11.0. The maximum atomic E-state index is 6.34. The Labute approximate surface area is 183 Å². The van der Waals surface area contributed by atoms with Crippen molar-refractivity contribution in [1.29, 1.82) is 0 Å². The highest BCUT2D eigenvalue weighted by atomic mass is 31.1. The number of likely N-dealkylation sites (tertiary alicyclic amines) is 1. The Bertz CT molecular complexity index is 964. The number of hydrogen-bond donors (Lipinski definition) is 0. The standard InChI is InChI=1S/C27H32NOP/c1-21-14-15-25(24(18-21)19-28-16-7-4-8-17-28)30-26-13-9-10-22(2)27(26)29-20-23-11-5-3-6-12-23/h3,5-6,9-15,18,30H,4,7-8,16-17,19-20H2,1-2H3. The van der Waals surface area contributed by atoms with Crippen molar-refractivity contribution in [2.75, 3.05) is 13.1 Å². The lowest BCUT2D eigenvalue weighted by atomic mass is 10.1. The van der Waals surface area contributed by atoms with Gasteiger partial charge < -0.3 is 4.74 Å². The number of ether oxygens (including phenoxy) is 1. The Morgan fingerprint density at radius 2 is 1.63 bits per heavy atom. The van der Waals surface area contributed by atoms with E-state index in [9.17, 15) is 0 Å². The summed E-state index contributed by atoms with van der Waals surface area (Å²) in [6, 6.07) is 23.9. The minimum atomic E-state index is 0.604. The lowest BCUT2D eigenvalue weighted by Crippen LogP contribution is -2.30. The SMILES string of the molecule is Cc1ccc(Pc2cccc(C)c2OCc2ccccc2)c(CN2CCCCC2)c1. The van der Waals surface area contributed by atoms with Gasteiger partial charge in [-0.15, -0.1) is 0 Å². The molecule has 1 saturated heterocycles. The molecule has 1 unspecified atom stereocenters. The number of hydrogen-bond acceptors (Lipinski definition) is 2. The highest BCUT2D eigenvalue weighted by Gasteiger charge is 2.15. The van der Waals surface area contributed by atoms with Gasteiger partial charge in [0.15, 0.2) is 0 Å². The first kappa shape index (κ1) is 21.1. The zero-order valence-electron chi connectivity index (χ0n) is 18.2. The van der Waals surface area contributed by atoms with E-state index in [-0.39, 0.29) is 0 Å². The number of aryl methyl sites for hydroxylation is 2. The van der Waals surface area contributed by atoms with Crippen molar-refractivity contribution in [2.45, 2.75) is 46.3 Å². The first-order chi connectivity index (χ1) is 14.7. The minimum Gasteiger partial charge on any atom is -0.488 e. The number of rotatable bonds is 7. The van der Waals surface area contributed by atoms with E-state index in [1.165, 1.54) is 65.2 Å². The van der Waals surface area contributed by atoms with E-state index in [1.807, 2.05) is 6.07 Å². The second-order valence-electron chi connectivity index (χ2n) is 8.35. The number of piperidine rings is 1. The maximum Gasteiger partial charge on any atom is 0.130 e. The van der Waals surface area contributed by atoms with Crippen molar-refractivity contribution in [3.05, 3.63) is 89.0 Å². The van der Waals surface area contributed by atoms with Gasteiger partial charge in [-0.3, -0.25) is 4.90 Å². The Morgan fingerprint density at radius 3 is 2.43 bits per heavy atom. The summed E-state index contributed by atoms with van der Waals surface area (Å²) in [7, 11) is 0.604. The molecule has 0 saturated carbocycles. The second-order valence-corrected chi connectivity index (χ2v) is 9.68. The molecule has 30 heavy (non-hydrogen) atoms. The van der Waals surface area contributed by atoms with Gasteiger partial charge in [-0.05, 0) is 61.8 Å². The number of nitrogens with zero attached hydrogens (tertiary/aromatic N) is 1. The molecule has 0 radical (unpaired) electrons. The van der Waals surface area contributed by atoms with Gasteiger partial charge in [0.1, 0.15) is 12.4 Å². The Morgan fingerprint density at radius 1 is 0.833 bits per heavy atom. The van der Waals surface area contributed by atoms with Crippen molar-refractivity contribution in [1.82, 2.24) is 4.90 Å². The molecule has 4 rings (SSSR count). The zero-order chi connectivity index (χ0) is 20.8. The van der Waals surface area contributed by atoms with Crippen LogP contribution in [0.25, 0.3) is 0 Å². The average molecular weight is 418 g/mol. The zero-order valence-corrected chi connectivity index (χ0v) is 19.2. The van der Waals surface area contributed by atoms with E-state index in [2.05, 4.69) is 79.4 Å². The topological polar surface area (TPSA) is 12.5 Å². The molecule has 0 spiro atoms. The summed E-state index contributed by atoms with van der Waals surface area (Å²) >= 11 is 0. The van der Waals surface area contributed by atoms with Gasteiger partial charge in [0, 0.05) is 11.8 Å². The van der Waals surface area contributed by atoms with Gasteiger partial charge >= 0.3 is 0 Å². The third-order valence-electron chi connectivity index (χ3n) is 5.81. The Kier molecular flexibility index (Phi) is 7.20. The summed E-state index contributed by atoms with van der Waals surface area (Å²) in [4.78, 5) is 2.62. The highest BCUT2D eigenvalue weighted by molar-refractivity contribution is 7.55. The molecular formula is C27H32NOP. The van der Waals surface area contributed by atoms with Crippen LogP contribution in [0.15, 0.2) is 66.7 Å². The molecule has 1 fully saturated rings. The smallest absolute Gasteiger partial charge is 0.130 e. The van der Waals surface area contributed by atoms with Crippen LogP contribution in [-0.4, -0.2) is 18.0 Å². The molecule has 1 atom stereocenters. The fourth-order valence-corrected chi connectivity index (χ4v) is 5.48. The Balaban J connectivity index is 1.56. The molecule has 0 N–H and O–H groups in total. The lowest BCUT2D eigenvalue weighted by molar-refractivity contribution is 0.221. The van der Waals surface area contributed by atoms with Gasteiger partial charge in [-0.2, -0.15) is 0 Å². The molecule has 1 heterocycles. The molecule has 0 aliphatic carbocycles. The minimum absolute atomic E-state index is 0.604. The fourth-order valence-electron chi connectivity index (χ4n) is 4.15. The van der Waals surface area contributed by atoms with E-state index >= 15 is 0 Å². The summed E-state index contributed by atoms with van der Waals surface area (Å²) < 4.78 is 6.34. The summed E-state index contributed by atoms with van der Waals surface area (Å²) in [5.41, 5.74) is 5.24. The second kappa shape index (κ2) is 10.2. The average Bonchev–Trinajstić information content (AvgIpc) is 2.77. The maximum absolute atomic E-state index is 6.34. The highest BCUT2D eigenvalue weighted by Crippen LogP contribution is 2.26. The predicted octanol–water partition coefficient (Wildman–Crippen LogP) is 5.50. The largest absolute Gasteiger partial charge is 0.488 e. The van der Waals surface area contributed by atoms with Crippen LogP contribution in [0.4, 0.5) is 0 Å². The van der Waals surface area contributed by atoms with E-state index in [0.717, 1.165) is 12.3 Å². The van der Waals surface area contributed by atoms with Gasteiger partial charge in [0.2, 0.25) is 0 Å². The molecular weight excluding hydrogens is 385 g/mol. The molecule has 2 nitrogen and oxygen atoms in total. The summed E-state index contributed by atoms with van der Waals surface area (Å²) in [5.74, 6) is 1.05. The van der Waals surface area contributed by atoms with Crippen molar-refractivity contribution >= 4 is 19.2 Å². The molecule has 0 amide bonds. The number of para-hydroxylation sites is 1. The van der Waals surface area contributed by atoms with Gasteiger partial charge in [0.05, 0.1) is 0 Å². The van der Waals surface area contributed by atoms with Crippen molar-refractivity contribution in [2.24, 2.45) is 0 Å². The van der Waals surface area contributed by atoms with Crippen LogP contribution in [0.1, 0.15) is 41.5 Å². The molecule has 3 aromatic carbocycles. The van der Waals surface area contributed by atoms with Crippen LogP contribution in [0, 0.1) is 13.8 Å². The van der Waals surface area contributed by atoms with Crippen LogP contribution < -0.4 is 15.3 Å². The summed E-state index contributed by atoms with van der Waals surface area (Å²) in [6.07, 6.45) is 4.04. The summed E-state index contributed by atoms with van der Waals surface area (Å²) in [6.45, 7) is 8.48. The predicted molar refractivity (Wildman–Crippen MR) is 130 cm³/mol. The summed E-state index contributed by atoms with van der Waals surface area (Å²) in [5, 5.41) is 2.75. The molecule has 3 aromatic rings. The first-order valence-corrected chi connectivity index (χ1v) is 12.0. The normalized spacial score (nSPS) is 15.0. The van der Waals surface area contributed by atoms with Crippen molar-refractivity contribution < 1.29 is 4.74 Å². The van der Waals surface area contributed by atoms with Crippen molar-refractivity contribution in [3.63, 3.8) is 0 Å². The molecule has 1 aliphatic rings. The monoisotopic (exact) mass is 417 g/mol. The third kappa shape index (κ3) is 5.50. The van der Waals surface area contributed by atoms with E-state index in [1.54, 1.807) is 0 Å². The molecule has 3 heteroatoms. The van der Waals surface area contributed by atoms with E-state index in [0.29, 0.717) is 15.2 Å². The lowest BCUT2D eigenvalue weighted by Gasteiger charge is -2.27. The van der Waals surface area contributed by atoms with E-state index < -0.39 is 0 Å². The van der Waals surface area contributed by atoms with E-state index in [4.69, 9.17) is 4.74 Å². The van der Waals surface area contributed by atoms with Crippen molar-refractivity contribution in [3.8, 4) is 5.75 Å². The van der Waals surface area contributed by atoms with Crippen LogP contribution in [-0.2, 0) is 13.2 Å². The third-order valence-corrected chi connectivity index (χ3v) is 7.23. The fraction of sp³-hybridized carbons (Fsp3) is 0.333.